The highest BCUT2D eigenvalue weighted by molar-refractivity contribution is 5.79. The van der Waals surface area contributed by atoms with Gasteiger partial charge in [-0.15, -0.1) is 0 Å². The van der Waals surface area contributed by atoms with Gasteiger partial charge in [0, 0.05) is 12.1 Å². The number of carbonyl (C=O) groups excluding carboxylic acids is 1. The lowest BCUT2D eigenvalue weighted by atomic mass is 10.1. The maximum absolute atomic E-state index is 11.9. The van der Waals surface area contributed by atoms with Crippen molar-refractivity contribution in [1.29, 1.82) is 0 Å². The summed E-state index contributed by atoms with van der Waals surface area (Å²) in [5.74, 6) is 1.18. The summed E-state index contributed by atoms with van der Waals surface area (Å²) in [5.41, 5.74) is 2.22. The van der Waals surface area contributed by atoms with Gasteiger partial charge in [0.1, 0.15) is 11.5 Å². The third-order valence-corrected chi connectivity index (χ3v) is 3.51. The Morgan fingerprint density at radius 3 is 2.59 bits per heavy atom. The summed E-state index contributed by atoms with van der Waals surface area (Å²) in [5, 5.41) is 16.6. The Kier molecular flexibility index (Phi) is 5.16. The van der Waals surface area contributed by atoms with Crippen LogP contribution in [0.3, 0.4) is 0 Å². The number of methoxy groups -OCH3 is 1. The van der Waals surface area contributed by atoms with E-state index in [0.29, 0.717) is 11.5 Å². The number of aryl methyl sites for hydroxylation is 2. The first-order valence-electron chi connectivity index (χ1n) is 7.01. The first-order valence-corrected chi connectivity index (χ1v) is 7.01. The van der Waals surface area contributed by atoms with E-state index in [9.17, 15) is 9.90 Å². The predicted octanol–water partition coefficient (Wildman–Crippen LogP) is 1.69. The van der Waals surface area contributed by atoms with Crippen LogP contribution in [-0.4, -0.2) is 29.8 Å². The van der Waals surface area contributed by atoms with Gasteiger partial charge in [0.2, 0.25) is 5.91 Å². The Morgan fingerprint density at radius 1 is 1.36 bits per heavy atom. The largest absolute Gasteiger partial charge is 0.497 e. The minimum Gasteiger partial charge on any atom is -0.497 e. The van der Waals surface area contributed by atoms with Crippen LogP contribution in [0.25, 0.3) is 0 Å². The van der Waals surface area contributed by atoms with Gasteiger partial charge in [-0.25, -0.2) is 0 Å². The summed E-state index contributed by atoms with van der Waals surface area (Å²) in [4.78, 5) is 11.9. The van der Waals surface area contributed by atoms with Gasteiger partial charge in [-0.3, -0.25) is 4.79 Å². The number of hydrogen-bond acceptors (Lipinski definition) is 5. The highest BCUT2D eigenvalue weighted by Crippen LogP contribution is 2.17. The number of amides is 1. The van der Waals surface area contributed by atoms with Crippen LogP contribution >= 0.6 is 0 Å². The van der Waals surface area contributed by atoms with Crippen LogP contribution in [0.1, 0.15) is 28.7 Å². The van der Waals surface area contributed by atoms with Gasteiger partial charge in [0.15, 0.2) is 0 Å². The summed E-state index contributed by atoms with van der Waals surface area (Å²) < 4.78 is 10.1. The van der Waals surface area contributed by atoms with E-state index in [1.165, 1.54) is 0 Å². The molecule has 1 heterocycles. The lowest BCUT2D eigenvalue weighted by Crippen LogP contribution is -2.29. The second-order valence-electron chi connectivity index (χ2n) is 5.07. The van der Waals surface area contributed by atoms with Crippen LogP contribution in [-0.2, 0) is 11.2 Å². The average molecular weight is 304 g/mol. The molecule has 6 heteroatoms. The minimum absolute atomic E-state index is 0.147. The molecule has 0 unspecified atom stereocenters. The monoisotopic (exact) mass is 304 g/mol. The van der Waals surface area contributed by atoms with E-state index >= 15 is 0 Å². The summed E-state index contributed by atoms with van der Waals surface area (Å²) in [6, 6.07) is 7.07. The second-order valence-corrected chi connectivity index (χ2v) is 5.07. The van der Waals surface area contributed by atoms with Crippen molar-refractivity contribution in [2.75, 3.05) is 13.7 Å². The van der Waals surface area contributed by atoms with Crippen LogP contribution in [0.5, 0.6) is 5.75 Å². The molecule has 1 aromatic heterocycles. The Hall–Kier alpha value is -2.34. The molecule has 2 rings (SSSR count). The summed E-state index contributed by atoms with van der Waals surface area (Å²) >= 11 is 0. The molecule has 0 bridgehead atoms. The zero-order valence-electron chi connectivity index (χ0n) is 12.9. The molecule has 118 valence electrons. The van der Waals surface area contributed by atoms with Crippen LogP contribution in [0, 0.1) is 13.8 Å². The van der Waals surface area contributed by atoms with E-state index in [4.69, 9.17) is 9.26 Å². The molecule has 2 N–H and O–H groups in total. The number of aliphatic hydroxyl groups is 1. The number of hydrogen-bond donors (Lipinski definition) is 2. The smallest absolute Gasteiger partial charge is 0.224 e. The van der Waals surface area contributed by atoms with Crippen molar-refractivity contribution in [1.82, 2.24) is 10.5 Å². The van der Waals surface area contributed by atoms with Gasteiger partial charge in [-0.1, -0.05) is 17.3 Å². The van der Waals surface area contributed by atoms with Gasteiger partial charge >= 0.3 is 0 Å². The molecule has 0 fully saturated rings. The molecule has 0 spiro atoms. The van der Waals surface area contributed by atoms with Crippen LogP contribution in [0.4, 0.5) is 0 Å². The van der Waals surface area contributed by atoms with Crippen LogP contribution in [0.2, 0.25) is 0 Å². The fourth-order valence-corrected chi connectivity index (χ4v) is 2.13. The molecule has 0 aliphatic carbocycles. The third kappa shape index (κ3) is 3.85. The zero-order valence-corrected chi connectivity index (χ0v) is 12.9. The van der Waals surface area contributed by atoms with E-state index in [-0.39, 0.29) is 18.9 Å². The third-order valence-electron chi connectivity index (χ3n) is 3.51. The van der Waals surface area contributed by atoms with Crippen LogP contribution < -0.4 is 10.1 Å². The molecular formula is C16H20N2O4. The average Bonchev–Trinajstić information content (AvgIpc) is 2.84. The lowest BCUT2D eigenvalue weighted by Gasteiger charge is -2.12. The van der Waals surface area contributed by atoms with Gasteiger partial charge in [-0.2, -0.15) is 0 Å². The molecule has 0 aliphatic rings. The number of ether oxygens (including phenoxy) is 1. The highest BCUT2D eigenvalue weighted by Gasteiger charge is 2.15. The van der Waals surface area contributed by atoms with E-state index in [0.717, 1.165) is 16.9 Å². The van der Waals surface area contributed by atoms with Crippen molar-refractivity contribution in [3.8, 4) is 5.75 Å². The Bertz CT molecular complexity index is 615. The molecule has 6 nitrogen and oxygen atoms in total. The summed E-state index contributed by atoms with van der Waals surface area (Å²) in [7, 11) is 1.58. The maximum Gasteiger partial charge on any atom is 0.224 e. The van der Waals surface area contributed by atoms with E-state index in [2.05, 4.69) is 10.5 Å². The fraction of sp³-hybridized carbons (Fsp3) is 0.375. The van der Waals surface area contributed by atoms with Crippen molar-refractivity contribution in [3.63, 3.8) is 0 Å². The molecule has 0 aliphatic heterocycles. The Morgan fingerprint density at radius 2 is 2.05 bits per heavy atom. The number of rotatable bonds is 6. The molecule has 1 atom stereocenters. The molecule has 0 saturated heterocycles. The first-order chi connectivity index (χ1) is 10.5. The zero-order chi connectivity index (χ0) is 16.1. The SMILES string of the molecule is COc1ccc([C@@H](O)CNC(=O)Cc2c(C)noc2C)cc1. The lowest BCUT2D eigenvalue weighted by molar-refractivity contribution is -0.120. The molecular weight excluding hydrogens is 284 g/mol. The van der Waals surface area contributed by atoms with Gasteiger partial charge in [0.05, 0.1) is 25.3 Å². The van der Waals surface area contributed by atoms with E-state index < -0.39 is 6.10 Å². The Labute approximate surface area is 129 Å². The van der Waals surface area contributed by atoms with E-state index in [1.54, 1.807) is 45.2 Å². The quantitative estimate of drug-likeness (QED) is 0.848. The van der Waals surface area contributed by atoms with Gasteiger partial charge in [-0.05, 0) is 31.5 Å². The molecule has 22 heavy (non-hydrogen) atoms. The summed E-state index contributed by atoms with van der Waals surface area (Å²) in [6.45, 7) is 3.72. The predicted molar refractivity (Wildman–Crippen MR) is 80.6 cm³/mol. The fourth-order valence-electron chi connectivity index (χ4n) is 2.13. The van der Waals surface area contributed by atoms with Crippen molar-refractivity contribution in [2.45, 2.75) is 26.4 Å². The summed E-state index contributed by atoms with van der Waals surface area (Å²) in [6.07, 6.45) is -0.573. The van der Waals surface area contributed by atoms with Crippen molar-refractivity contribution >= 4 is 5.91 Å². The van der Waals surface area contributed by atoms with Crippen LogP contribution in [0.15, 0.2) is 28.8 Å². The molecule has 1 aromatic carbocycles. The van der Waals surface area contributed by atoms with Gasteiger partial charge in [0.25, 0.3) is 0 Å². The number of aromatic nitrogens is 1. The molecule has 0 radical (unpaired) electrons. The van der Waals surface area contributed by atoms with Crippen molar-refractivity contribution < 1.29 is 19.2 Å². The number of benzene rings is 1. The second kappa shape index (κ2) is 7.09. The highest BCUT2D eigenvalue weighted by atomic mass is 16.5. The standard InChI is InChI=1S/C16H20N2O4/c1-10-14(11(2)22-18-10)8-16(20)17-9-15(19)12-4-6-13(21-3)7-5-12/h4-7,15,19H,8-9H2,1-3H3,(H,17,20)/t15-/m0/s1. The molecule has 2 aromatic rings. The topological polar surface area (TPSA) is 84.6 Å². The molecule has 1 amide bonds. The van der Waals surface area contributed by atoms with E-state index in [1.807, 2.05) is 0 Å². The van der Waals surface area contributed by atoms with Crippen molar-refractivity contribution in [2.24, 2.45) is 0 Å². The minimum atomic E-state index is -0.764. The molecule has 0 saturated carbocycles. The normalized spacial score (nSPS) is 12.0. The number of nitrogens with one attached hydrogen (secondary N) is 1. The van der Waals surface area contributed by atoms with Gasteiger partial charge < -0.3 is 19.7 Å². The van der Waals surface area contributed by atoms with Crippen molar-refractivity contribution in [3.05, 3.63) is 46.8 Å². The Balaban J connectivity index is 1.87. The number of nitrogens with zero attached hydrogens (tertiary/aromatic N) is 1. The first kappa shape index (κ1) is 16.0. The number of carbonyl (C=O) groups is 1. The maximum atomic E-state index is 11.9. The number of aliphatic hydroxyl groups excluding tert-OH is 1.